The molecule has 0 aliphatic rings. The van der Waals surface area contributed by atoms with Crippen LogP contribution in [0.15, 0.2) is 103 Å². The first kappa shape index (κ1) is 18.5. The molecule has 30 heavy (non-hydrogen) atoms. The molecule has 0 fully saturated rings. The van der Waals surface area contributed by atoms with Crippen molar-refractivity contribution in [2.24, 2.45) is 0 Å². The monoisotopic (exact) mass is 408 g/mol. The maximum Gasteiger partial charge on any atom is 0.193 e. The van der Waals surface area contributed by atoms with Crippen molar-refractivity contribution >= 4 is 11.3 Å². The van der Waals surface area contributed by atoms with Crippen LogP contribution in [0.25, 0.3) is 10.7 Å². The third kappa shape index (κ3) is 2.95. The molecule has 0 radical (unpaired) electrons. The SMILES string of the molecule is Cc1ccc(-c2nnnn2C(c2ccccc2)(c2ccccc2)c2ccccc2)s1. The maximum atomic E-state index is 4.57. The minimum atomic E-state index is -0.708. The number of hydrogen-bond donors (Lipinski definition) is 0. The summed E-state index contributed by atoms with van der Waals surface area (Å²) in [6, 6.07) is 35.6. The number of hydrogen-bond acceptors (Lipinski definition) is 4. The van der Waals surface area contributed by atoms with E-state index in [1.807, 2.05) is 22.9 Å². The lowest BCUT2D eigenvalue weighted by atomic mass is 9.77. The summed E-state index contributed by atoms with van der Waals surface area (Å²) < 4.78 is 1.97. The van der Waals surface area contributed by atoms with Crippen LogP contribution in [0, 0.1) is 6.92 Å². The average Bonchev–Trinajstić information content (AvgIpc) is 3.46. The highest BCUT2D eigenvalue weighted by Gasteiger charge is 2.41. The molecule has 0 atom stereocenters. The number of aryl methyl sites for hydroxylation is 1. The lowest BCUT2D eigenvalue weighted by molar-refractivity contribution is 0.451. The first-order valence-corrected chi connectivity index (χ1v) is 10.6. The highest BCUT2D eigenvalue weighted by atomic mass is 32.1. The lowest BCUT2D eigenvalue weighted by Gasteiger charge is -2.36. The molecule has 0 saturated heterocycles. The topological polar surface area (TPSA) is 43.6 Å². The van der Waals surface area contributed by atoms with Gasteiger partial charge in [-0.05, 0) is 46.2 Å². The Bertz CT molecular complexity index is 1150. The fraction of sp³-hybridized carbons (Fsp3) is 0.0800. The molecule has 0 saturated carbocycles. The molecule has 3 aromatic carbocycles. The van der Waals surface area contributed by atoms with Crippen LogP contribution in [0.4, 0.5) is 0 Å². The normalized spacial score (nSPS) is 11.5. The molecule has 0 unspecified atom stereocenters. The average molecular weight is 409 g/mol. The second-order valence-electron chi connectivity index (χ2n) is 7.13. The standard InChI is InChI=1S/C25H20N4S/c1-19-17-18-23(30-19)24-26-27-28-29(24)25(20-11-5-2-6-12-20,21-13-7-3-8-14-21)22-15-9-4-10-16-22/h2-18H,1H3. The van der Waals surface area contributed by atoms with Crippen LogP contribution in [-0.2, 0) is 5.54 Å². The van der Waals surface area contributed by atoms with Gasteiger partial charge in [0.2, 0.25) is 0 Å². The third-order valence-electron chi connectivity index (χ3n) is 5.32. The van der Waals surface area contributed by atoms with E-state index in [2.05, 4.69) is 107 Å². The minimum Gasteiger partial charge on any atom is -0.205 e. The molecule has 5 aromatic rings. The molecular weight excluding hydrogens is 388 g/mol. The number of rotatable bonds is 5. The minimum absolute atomic E-state index is 0.708. The highest BCUT2D eigenvalue weighted by molar-refractivity contribution is 7.15. The van der Waals surface area contributed by atoms with Crippen LogP contribution in [0.1, 0.15) is 21.6 Å². The van der Waals surface area contributed by atoms with Crippen molar-refractivity contribution in [3.05, 3.63) is 125 Å². The van der Waals surface area contributed by atoms with E-state index in [0.29, 0.717) is 0 Å². The van der Waals surface area contributed by atoms with Crippen molar-refractivity contribution in [2.45, 2.75) is 12.5 Å². The van der Waals surface area contributed by atoms with E-state index in [0.717, 1.165) is 27.4 Å². The van der Waals surface area contributed by atoms with E-state index in [-0.39, 0.29) is 0 Å². The quantitative estimate of drug-likeness (QED) is 0.358. The zero-order valence-corrected chi connectivity index (χ0v) is 17.3. The molecule has 2 aromatic heterocycles. The zero-order valence-electron chi connectivity index (χ0n) is 16.5. The van der Waals surface area contributed by atoms with Gasteiger partial charge in [0, 0.05) is 4.88 Å². The van der Waals surface area contributed by atoms with Crippen molar-refractivity contribution in [1.29, 1.82) is 0 Å². The van der Waals surface area contributed by atoms with Crippen molar-refractivity contribution in [3.8, 4) is 10.7 Å². The molecule has 5 heteroatoms. The summed E-state index contributed by atoms with van der Waals surface area (Å²) >= 11 is 1.70. The molecule has 0 bridgehead atoms. The van der Waals surface area contributed by atoms with Crippen LogP contribution in [0.2, 0.25) is 0 Å². The van der Waals surface area contributed by atoms with Gasteiger partial charge in [0.1, 0.15) is 5.54 Å². The van der Waals surface area contributed by atoms with Gasteiger partial charge in [-0.1, -0.05) is 91.0 Å². The van der Waals surface area contributed by atoms with Crippen LogP contribution in [0.3, 0.4) is 0 Å². The first-order valence-electron chi connectivity index (χ1n) is 9.82. The summed E-state index contributed by atoms with van der Waals surface area (Å²) in [5.74, 6) is 0.754. The highest BCUT2D eigenvalue weighted by Crippen LogP contribution is 2.42. The molecule has 146 valence electrons. The molecule has 4 nitrogen and oxygen atoms in total. The van der Waals surface area contributed by atoms with Gasteiger partial charge in [0.25, 0.3) is 0 Å². The molecule has 0 aliphatic carbocycles. The van der Waals surface area contributed by atoms with E-state index in [4.69, 9.17) is 0 Å². The summed E-state index contributed by atoms with van der Waals surface area (Å²) in [5, 5.41) is 13.1. The van der Waals surface area contributed by atoms with Crippen molar-refractivity contribution < 1.29 is 0 Å². The second-order valence-corrected chi connectivity index (χ2v) is 8.42. The molecule has 5 rings (SSSR count). The smallest absolute Gasteiger partial charge is 0.193 e. The second kappa shape index (κ2) is 7.69. The maximum absolute atomic E-state index is 4.57. The number of nitrogens with zero attached hydrogens (tertiary/aromatic N) is 4. The molecule has 0 N–H and O–H groups in total. The van der Waals surface area contributed by atoms with Gasteiger partial charge < -0.3 is 0 Å². The summed E-state index contributed by atoms with van der Waals surface area (Å²) in [6.45, 7) is 2.10. The summed E-state index contributed by atoms with van der Waals surface area (Å²) in [6.07, 6.45) is 0. The molecule has 0 spiro atoms. The Hall–Kier alpha value is -3.57. The molecule has 0 aliphatic heterocycles. The molecule has 2 heterocycles. The first-order chi connectivity index (χ1) is 14.8. The summed E-state index contributed by atoms with van der Waals surface area (Å²) in [4.78, 5) is 2.27. The Balaban J connectivity index is 1.90. The van der Waals surface area contributed by atoms with E-state index in [9.17, 15) is 0 Å². The van der Waals surface area contributed by atoms with Gasteiger partial charge in [-0.25, -0.2) is 4.68 Å². The Labute approximate surface area is 179 Å². The number of aromatic nitrogens is 4. The fourth-order valence-electron chi connectivity index (χ4n) is 4.03. The van der Waals surface area contributed by atoms with Crippen molar-refractivity contribution in [1.82, 2.24) is 20.2 Å². The van der Waals surface area contributed by atoms with E-state index >= 15 is 0 Å². The lowest BCUT2D eigenvalue weighted by Crippen LogP contribution is -2.39. The molecule has 0 amide bonds. The third-order valence-corrected chi connectivity index (χ3v) is 6.32. The predicted octanol–water partition coefficient (Wildman–Crippen LogP) is 5.55. The van der Waals surface area contributed by atoms with E-state index in [1.54, 1.807) is 11.3 Å². The summed E-state index contributed by atoms with van der Waals surface area (Å²) in [7, 11) is 0. The van der Waals surface area contributed by atoms with Gasteiger partial charge >= 0.3 is 0 Å². The predicted molar refractivity (Wildman–Crippen MR) is 120 cm³/mol. The fourth-order valence-corrected chi connectivity index (χ4v) is 4.86. The Morgan fingerprint density at radius 3 is 1.60 bits per heavy atom. The largest absolute Gasteiger partial charge is 0.205 e. The number of tetrazole rings is 1. The van der Waals surface area contributed by atoms with Crippen LogP contribution < -0.4 is 0 Å². The van der Waals surface area contributed by atoms with Crippen molar-refractivity contribution in [2.75, 3.05) is 0 Å². The Morgan fingerprint density at radius 1 is 0.667 bits per heavy atom. The van der Waals surface area contributed by atoms with E-state index < -0.39 is 5.54 Å². The van der Waals surface area contributed by atoms with Crippen LogP contribution >= 0.6 is 11.3 Å². The number of benzene rings is 3. The summed E-state index contributed by atoms with van der Waals surface area (Å²) in [5.41, 5.74) is 2.60. The van der Waals surface area contributed by atoms with Gasteiger partial charge in [-0.3, -0.25) is 0 Å². The van der Waals surface area contributed by atoms with Gasteiger partial charge in [0.15, 0.2) is 5.82 Å². The number of thiophene rings is 1. The van der Waals surface area contributed by atoms with Crippen LogP contribution in [0.5, 0.6) is 0 Å². The van der Waals surface area contributed by atoms with Crippen molar-refractivity contribution in [3.63, 3.8) is 0 Å². The van der Waals surface area contributed by atoms with Crippen LogP contribution in [-0.4, -0.2) is 20.2 Å². The Morgan fingerprint density at radius 2 is 1.17 bits per heavy atom. The van der Waals surface area contributed by atoms with Gasteiger partial charge in [-0.2, -0.15) is 0 Å². The zero-order chi connectivity index (χ0) is 20.4. The Kier molecular flexibility index (Phi) is 4.73. The van der Waals surface area contributed by atoms with Gasteiger partial charge in [0.05, 0.1) is 4.88 Å². The van der Waals surface area contributed by atoms with E-state index in [1.165, 1.54) is 4.88 Å². The van der Waals surface area contributed by atoms with Gasteiger partial charge in [-0.15, -0.1) is 16.4 Å². The molecular formula is C25H20N4S.